The summed E-state index contributed by atoms with van der Waals surface area (Å²) in [6, 6.07) is 11.0. The third-order valence-corrected chi connectivity index (χ3v) is 5.71. The van der Waals surface area contributed by atoms with E-state index in [0.29, 0.717) is 37.1 Å². The lowest BCUT2D eigenvalue weighted by Gasteiger charge is -2.33. The van der Waals surface area contributed by atoms with Crippen molar-refractivity contribution in [2.24, 2.45) is 0 Å². The number of para-hydroxylation sites is 2. The molecule has 0 atom stereocenters. The molecule has 33 heavy (non-hydrogen) atoms. The van der Waals surface area contributed by atoms with Crippen molar-refractivity contribution in [2.45, 2.75) is 33.2 Å². The van der Waals surface area contributed by atoms with Gasteiger partial charge in [-0.05, 0) is 50.6 Å². The smallest absolute Gasteiger partial charge is 0.315 e. The Kier molecular flexibility index (Phi) is 10.3. The van der Waals surface area contributed by atoms with E-state index in [9.17, 15) is 4.79 Å². The van der Waals surface area contributed by atoms with Gasteiger partial charge in [-0.25, -0.2) is 9.78 Å². The van der Waals surface area contributed by atoms with Gasteiger partial charge in [0.15, 0.2) is 11.5 Å². The number of hydrogen-bond acceptors (Lipinski definition) is 6. The molecule has 1 aliphatic rings. The Hall–Kier alpha value is -2.84. The molecule has 1 aromatic heterocycles. The first-order valence-electron chi connectivity index (χ1n) is 12.0. The van der Waals surface area contributed by atoms with Crippen LogP contribution in [0.5, 0.6) is 17.4 Å². The lowest BCUT2D eigenvalue weighted by molar-refractivity contribution is 0.135. The molecule has 2 N–H and O–H groups in total. The van der Waals surface area contributed by atoms with E-state index < -0.39 is 0 Å². The van der Waals surface area contributed by atoms with Crippen molar-refractivity contribution in [3.8, 4) is 17.4 Å². The predicted molar refractivity (Wildman–Crippen MR) is 130 cm³/mol. The molecule has 0 bridgehead atoms. The zero-order valence-corrected chi connectivity index (χ0v) is 19.9. The first kappa shape index (κ1) is 24.8. The monoisotopic (exact) mass is 455 g/mol. The highest BCUT2D eigenvalue weighted by molar-refractivity contribution is 5.73. The molecule has 2 amide bonds. The normalized spacial score (nSPS) is 14.6. The third kappa shape index (κ3) is 8.55. The molecule has 1 aliphatic heterocycles. The van der Waals surface area contributed by atoms with Crippen molar-refractivity contribution < 1.29 is 14.3 Å². The number of carbonyl (C=O) groups is 1. The van der Waals surface area contributed by atoms with E-state index in [1.165, 1.54) is 13.1 Å². The van der Waals surface area contributed by atoms with Gasteiger partial charge in [0.1, 0.15) is 0 Å². The number of ether oxygens (including phenoxy) is 2. The van der Waals surface area contributed by atoms with Crippen LogP contribution in [0.3, 0.4) is 0 Å². The molecular formula is C25H37N5O3. The summed E-state index contributed by atoms with van der Waals surface area (Å²) in [7, 11) is 0. The number of benzene rings is 1. The zero-order valence-electron chi connectivity index (χ0n) is 19.9. The highest BCUT2D eigenvalue weighted by atomic mass is 16.5. The van der Waals surface area contributed by atoms with Crippen LogP contribution in [-0.2, 0) is 6.54 Å². The van der Waals surface area contributed by atoms with E-state index in [1.807, 2.05) is 37.3 Å². The van der Waals surface area contributed by atoms with Crippen LogP contribution in [0.4, 0.5) is 4.79 Å². The summed E-state index contributed by atoms with van der Waals surface area (Å²) in [5, 5.41) is 5.81. The molecule has 0 radical (unpaired) electrons. The Morgan fingerprint density at radius 1 is 0.970 bits per heavy atom. The summed E-state index contributed by atoms with van der Waals surface area (Å²) in [6.45, 7) is 12.7. The van der Waals surface area contributed by atoms with Gasteiger partial charge in [-0.3, -0.25) is 0 Å². The van der Waals surface area contributed by atoms with Gasteiger partial charge in [-0.2, -0.15) is 0 Å². The minimum Gasteiger partial charge on any atom is -0.490 e. The minimum absolute atomic E-state index is 0.155. The second-order valence-corrected chi connectivity index (χ2v) is 8.08. The number of likely N-dealkylation sites (N-methyl/N-ethyl adjacent to an activating group) is 1. The van der Waals surface area contributed by atoms with Crippen LogP contribution < -0.4 is 20.1 Å². The first-order chi connectivity index (χ1) is 16.2. The molecular weight excluding hydrogens is 418 g/mol. The fourth-order valence-corrected chi connectivity index (χ4v) is 3.73. The number of aromatic nitrogens is 1. The topological polar surface area (TPSA) is 79.0 Å². The van der Waals surface area contributed by atoms with Gasteiger partial charge in [0.25, 0.3) is 0 Å². The Morgan fingerprint density at radius 3 is 2.42 bits per heavy atom. The fourth-order valence-electron chi connectivity index (χ4n) is 3.73. The number of piperazine rings is 1. The Balaban J connectivity index is 1.30. The van der Waals surface area contributed by atoms with Crippen molar-refractivity contribution in [1.82, 2.24) is 25.4 Å². The minimum atomic E-state index is -0.155. The van der Waals surface area contributed by atoms with Crippen LogP contribution in [0, 0.1) is 0 Å². The van der Waals surface area contributed by atoms with Gasteiger partial charge in [0, 0.05) is 51.5 Å². The van der Waals surface area contributed by atoms with Crippen LogP contribution in [0.15, 0.2) is 42.6 Å². The molecule has 180 valence electrons. The van der Waals surface area contributed by atoms with Crippen LogP contribution in [0.1, 0.15) is 32.3 Å². The van der Waals surface area contributed by atoms with Crippen LogP contribution in [-0.4, -0.2) is 73.2 Å². The standard InChI is InChI=1S/C25H37N5O3/c1-3-29-15-17-30(18-16-29)14-8-7-13-26-25(31)28-20-21-11-12-24(27-19-21)33-23-10-6-5-9-22(23)32-4-2/h5-6,9-12,19H,3-4,7-8,13-18,20H2,1-2H3,(H2,26,28,31). The molecule has 2 heterocycles. The van der Waals surface area contributed by atoms with E-state index in [1.54, 1.807) is 12.3 Å². The summed E-state index contributed by atoms with van der Waals surface area (Å²) in [5.41, 5.74) is 0.904. The average molecular weight is 456 g/mol. The zero-order chi connectivity index (χ0) is 23.3. The molecule has 8 heteroatoms. The molecule has 8 nitrogen and oxygen atoms in total. The maximum atomic E-state index is 12.1. The Labute approximate surface area is 197 Å². The highest BCUT2D eigenvalue weighted by Gasteiger charge is 2.14. The molecule has 0 spiro atoms. The summed E-state index contributed by atoms with van der Waals surface area (Å²) < 4.78 is 11.4. The SMILES string of the molecule is CCOc1ccccc1Oc1ccc(CNC(=O)NCCCCN2CCN(CC)CC2)cn1. The molecule has 1 saturated heterocycles. The molecule has 1 aromatic carbocycles. The van der Waals surface area contributed by atoms with Gasteiger partial charge in [0.05, 0.1) is 6.61 Å². The number of nitrogens with zero attached hydrogens (tertiary/aromatic N) is 3. The molecule has 1 fully saturated rings. The van der Waals surface area contributed by atoms with Crippen molar-refractivity contribution in [1.29, 1.82) is 0 Å². The summed E-state index contributed by atoms with van der Waals surface area (Å²) in [5.74, 6) is 1.79. The fraction of sp³-hybridized carbons (Fsp3) is 0.520. The lowest BCUT2D eigenvalue weighted by atomic mass is 10.2. The van der Waals surface area contributed by atoms with E-state index in [4.69, 9.17) is 9.47 Å². The Bertz CT molecular complexity index is 838. The maximum Gasteiger partial charge on any atom is 0.315 e. The molecule has 0 saturated carbocycles. The molecule has 0 unspecified atom stereocenters. The van der Waals surface area contributed by atoms with Gasteiger partial charge in [-0.1, -0.05) is 25.1 Å². The number of pyridine rings is 1. The molecule has 2 aromatic rings. The number of amides is 2. The second kappa shape index (κ2) is 13.6. The first-order valence-corrected chi connectivity index (χ1v) is 12.0. The van der Waals surface area contributed by atoms with Gasteiger partial charge in [-0.15, -0.1) is 0 Å². The third-order valence-electron chi connectivity index (χ3n) is 5.71. The largest absolute Gasteiger partial charge is 0.490 e. The summed E-state index contributed by atoms with van der Waals surface area (Å²) in [4.78, 5) is 21.4. The number of urea groups is 1. The van der Waals surface area contributed by atoms with Crippen molar-refractivity contribution in [3.63, 3.8) is 0 Å². The van der Waals surface area contributed by atoms with E-state index in [-0.39, 0.29) is 6.03 Å². The number of unbranched alkanes of at least 4 members (excludes halogenated alkanes) is 1. The van der Waals surface area contributed by atoms with Gasteiger partial charge >= 0.3 is 6.03 Å². The number of nitrogens with one attached hydrogen (secondary N) is 2. The molecule has 0 aliphatic carbocycles. The van der Waals surface area contributed by atoms with E-state index in [2.05, 4.69) is 32.3 Å². The van der Waals surface area contributed by atoms with Gasteiger partial charge in [0.2, 0.25) is 5.88 Å². The van der Waals surface area contributed by atoms with Crippen LogP contribution in [0.25, 0.3) is 0 Å². The Morgan fingerprint density at radius 2 is 1.73 bits per heavy atom. The number of rotatable bonds is 12. The number of hydrogen-bond donors (Lipinski definition) is 2. The summed E-state index contributed by atoms with van der Waals surface area (Å²) >= 11 is 0. The van der Waals surface area contributed by atoms with E-state index >= 15 is 0 Å². The van der Waals surface area contributed by atoms with Gasteiger partial charge < -0.3 is 29.9 Å². The van der Waals surface area contributed by atoms with E-state index in [0.717, 1.165) is 44.6 Å². The van der Waals surface area contributed by atoms with Crippen molar-refractivity contribution in [3.05, 3.63) is 48.2 Å². The lowest BCUT2D eigenvalue weighted by Crippen LogP contribution is -2.46. The maximum absolute atomic E-state index is 12.1. The van der Waals surface area contributed by atoms with Crippen molar-refractivity contribution >= 4 is 6.03 Å². The molecule has 3 rings (SSSR count). The average Bonchev–Trinajstić information content (AvgIpc) is 2.85. The number of carbonyl (C=O) groups excluding carboxylic acids is 1. The highest BCUT2D eigenvalue weighted by Crippen LogP contribution is 2.30. The summed E-state index contributed by atoms with van der Waals surface area (Å²) in [6.07, 6.45) is 3.79. The van der Waals surface area contributed by atoms with Crippen LogP contribution >= 0.6 is 0 Å². The quantitative estimate of drug-likeness (QED) is 0.477. The second-order valence-electron chi connectivity index (χ2n) is 8.08. The predicted octanol–water partition coefficient (Wildman–Crippen LogP) is 3.49. The van der Waals surface area contributed by atoms with Crippen LogP contribution in [0.2, 0.25) is 0 Å². The van der Waals surface area contributed by atoms with Crippen molar-refractivity contribution in [2.75, 3.05) is 52.4 Å².